The number of piperazine rings is 1. The van der Waals surface area contributed by atoms with E-state index in [9.17, 15) is 9.59 Å². The number of amides is 2. The summed E-state index contributed by atoms with van der Waals surface area (Å²) in [6, 6.07) is 7.60. The van der Waals surface area contributed by atoms with Crippen molar-refractivity contribution in [3.8, 4) is 0 Å². The third kappa shape index (κ3) is 4.10. The molecule has 126 valence electrons. The molecule has 5 heteroatoms. The fourth-order valence-corrected chi connectivity index (χ4v) is 2.77. The highest BCUT2D eigenvalue weighted by molar-refractivity contribution is 6.09. The van der Waals surface area contributed by atoms with Crippen LogP contribution in [-0.2, 0) is 9.59 Å². The predicted octanol–water partition coefficient (Wildman–Crippen LogP) is 2.12. The lowest BCUT2D eigenvalue weighted by Crippen LogP contribution is -2.54. The highest BCUT2D eigenvalue weighted by Crippen LogP contribution is 2.23. The maximum atomic E-state index is 12.8. The first-order valence-corrected chi connectivity index (χ1v) is 8.24. The Morgan fingerprint density at radius 1 is 1.17 bits per heavy atom. The van der Waals surface area contributed by atoms with E-state index >= 15 is 0 Å². The summed E-state index contributed by atoms with van der Waals surface area (Å²) in [6.07, 6.45) is 0. The molecule has 1 saturated heterocycles. The summed E-state index contributed by atoms with van der Waals surface area (Å²) in [5.74, 6) is -0.357. The largest absolute Gasteiger partial charge is 0.339 e. The summed E-state index contributed by atoms with van der Waals surface area (Å²) < 4.78 is 0. The van der Waals surface area contributed by atoms with Crippen molar-refractivity contribution in [3.63, 3.8) is 0 Å². The number of nitrogens with zero attached hydrogens (tertiary/aromatic N) is 2. The van der Waals surface area contributed by atoms with Crippen molar-refractivity contribution in [2.24, 2.45) is 5.41 Å². The van der Waals surface area contributed by atoms with Crippen LogP contribution in [0.15, 0.2) is 24.3 Å². The Bertz CT molecular complexity index is 575. The van der Waals surface area contributed by atoms with Gasteiger partial charge in [0.05, 0.1) is 0 Å². The molecule has 23 heavy (non-hydrogen) atoms. The summed E-state index contributed by atoms with van der Waals surface area (Å²) in [7, 11) is 0. The van der Waals surface area contributed by atoms with Gasteiger partial charge in [-0.15, -0.1) is 0 Å². The Balaban J connectivity index is 2.02. The van der Waals surface area contributed by atoms with Crippen LogP contribution in [0.5, 0.6) is 0 Å². The van der Waals surface area contributed by atoms with E-state index in [4.69, 9.17) is 0 Å². The molecule has 1 aliphatic rings. The van der Waals surface area contributed by atoms with Gasteiger partial charge in [0, 0.05) is 31.9 Å². The third-order valence-electron chi connectivity index (χ3n) is 4.48. The van der Waals surface area contributed by atoms with Crippen LogP contribution in [0.25, 0.3) is 0 Å². The first-order valence-electron chi connectivity index (χ1n) is 8.24. The fourth-order valence-electron chi connectivity index (χ4n) is 2.77. The number of rotatable bonds is 4. The molecule has 1 fully saturated rings. The van der Waals surface area contributed by atoms with E-state index in [-0.39, 0.29) is 11.8 Å². The predicted molar refractivity (Wildman–Crippen MR) is 92.3 cm³/mol. The molecule has 1 aromatic rings. The van der Waals surface area contributed by atoms with Gasteiger partial charge >= 0.3 is 0 Å². The molecule has 0 aliphatic carbocycles. The molecule has 5 nitrogen and oxygen atoms in total. The summed E-state index contributed by atoms with van der Waals surface area (Å²) in [4.78, 5) is 29.5. The molecule has 1 aromatic carbocycles. The fraction of sp³-hybridized carbons (Fsp3) is 0.556. The zero-order valence-electron chi connectivity index (χ0n) is 14.6. The van der Waals surface area contributed by atoms with Gasteiger partial charge in [-0.2, -0.15) is 0 Å². The lowest BCUT2D eigenvalue weighted by atomic mass is 9.89. The number of benzene rings is 1. The lowest BCUT2D eigenvalue weighted by Gasteiger charge is -2.37. The molecule has 2 amide bonds. The van der Waals surface area contributed by atoms with E-state index in [1.165, 1.54) is 0 Å². The monoisotopic (exact) mass is 317 g/mol. The summed E-state index contributed by atoms with van der Waals surface area (Å²) in [6.45, 7) is 11.6. The zero-order chi connectivity index (χ0) is 17.0. The van der Waals surface area contributed by atoms with Crippen LogP contribution in [0, 0.1) is 12.3 Å². The van der Waals surface area contributed by atoms with Crippen LogP contribution in [0.2, 0.25) is 0 Å². The first-order chi connectivity index (χ1) is 10.8. The van der Waals surface area contributed by atoms with Gasteiger partial charge in [0.15, 0.2) is 0 Å². The summed E-state index contributed by atoms with van der Waals surface area (Å²) in [5.41, 5.74) is 0.729. The maximum absolute atomic E-state index is 12.8. The number of hydrogen-bond donors (Lipinski definition) is 1. The molecular formula is C18H27N3O2. The Hall–Kier alpha value is -1.88. The quantitative estimate of drug-likeness (QED) is 0.866. The minimum Gasteiger partial charge on any atom is -0.339 e. The van der Waals surface area contributed by atoms with E-state index in [0.29, 0.717) is 13.1 Å². The van der Waals surface area contributed by atoms with Gasteiger partial charge in [-0.25, -0.2) is 0 Å². The highest BCUT2D eigenvalue weighted by atomic mass is 16.2. The Kier molecular flexibility index (Phi) is 5.42. The zero-order valence-corrected chi connectivity index (χ0v) is 14.6. The van der Waals surface area contributed by atoms with E-state index in [1.54, 1.807) is 13.8 Å². The van der Waals surface area contributed by atoms with Crippen molar-refractivity contribution < 1.29 is 9.59 Å². The van der Waals surface area contributed by atoms with E-state index in [0.717, 1.165) is 30.9 Å². The molecule has 0 aromatic heterocycles. The van der Waals surface area contributed by atoms with Crippen molar-refractivity contribution in [2.45, 2.75) is 27.7 Å². The minimum atomic E-state index is -1.07. The minimum absolute atomic E-state index is 0.0987. The number of hydrogen-bond acceptors (Lipinski definition) is 3. The smallest absolute Gasteiger partial charge is 0.239 e. The molecule has 1 N–H and O–H groups in total. The van der Waals surface area contributed by atoms with Gasteiger partial charge in [-0.05, 0) is 45.0 Å². The normalized spacial score (nSPS) is 16.3. The lowest BCUT2D eigenvalue weighted by molar-refractivity contribution is -0.147. The standard InChI is InChI=1S/C18H27N3O2/c1-5-20-9-11-21(12-10-20)17(23)18(3,4)16(22)19-15-8-6-7-14(2)13-15/h6-8,13H,5,9-12H2,1-4H3,(H,19,22). The summed E-state index contributed by atoms with van der Waals surface area (Å²) in [5, 5.41) is 2.87. The second-order valence-corrected chi connectivity index (χ2v) is 6.68. The maximum Gasteiger partial charge on any atom is 0.239 e. The molecule has 0 saturated carbocycles. The number of nitrogens with one attached hydrogen (secondary N) is 1. The second-order valence-electron chi connectivity index (χ2n) is 6.68. The Morgan fingerprint density at radius 3 is 2.39 bits per heavy atom. The van der Waals surface area contributed by atoms with E-state index in [1.807, 2.05) is 36.1 Å². The topological polar surface area (TPSA) is 52.7 Å². The highest BCUT2D eigenvalue weighted by Gasteiger charge is 2.40. The molecule has 0 radical (unpaired) electrons. The number of carbonyl (C=O) groups excluding carboxylic acids is 2. The van der Waals surface area contributed by atoms with Crippen molar-refractivity contribution in [1.29, 1.82) is 0 Å². The first kappa shape index (κ1) is 17.5. The molecule has 1 heterocycles. The molecule has 0 bridgehead atoms. The van der Waals surface area contributed by atoms with Gasteiger partial charge < -0.3 is 15.1 Å². The molecule has 1 aliphatic heterocycles. The molecule has 0 spiro atoms. The van der Waals surface area contributed by atoms with Gasteiger partial charge in [0.25, 0.3) is 0 Å². The van der Waals surface area contributed by atoms with Gasteiger partial charge in [-0.3, -0.25) is 9.59 Å². The molecule has 0 atom stereocenters. The van der Waals surface area contributed by atoms with Crippen molar-refractivity contribution in [1.82, 2.24) is 9.80 Å². The van der Waals surface area contributed by atoms with Crippen LogP contribution < -0.4 is 5.32 Å². The Morgan fingerprint density at radius 2 is 1.83 bits per heavy atom. The van der Waals surface area contributed by atoms with Crippen molar-refractivity contribution in [2.75, 3.05) is 38.0 Å². The van der Waals surface area contributed by atoms with Crippen LogP contribution >= 0.6 is 0 Å². The third-order valence-corrected chi connectivity index (χ3v) is 4.48. The van der Waals surface area contributed by atoms with Crippen LogP contribution in [-0.4, -0.2) is 54.3 Å². The van der Waals surface area contributed by atoms with E-state index < -0.39 is 5.41 Å². The van der Waals surface area contributed by atoms with Crippen molar-refractivity contribution >= 4 is 17.5 Å². The number of carbonyl (C=O) groups is 2. The van der Waals surface area contributed by atoms with Crippen LogP contribution in [0.1, 0.15) is 26.3 Å². The average Bonchev–Trinajstić information content (AvgIpc) is 2.54. The molecular weight excluding hydrogens is 290 g/mol. The van der Waals surface area contributed by atoms with Gasteiger partial charge in [0.2, 0.25) is 11.8 Å². The molecule has 2 rings (SSSR count). The molecule has 0 unspecified atom stereocenters. The second kappa shape index (κ2) is 7.13. The van der Waals surface area contributed by atoms with Crippen molar-refractivity contribution in [3.05, 3.63) is 29.8 Å². The average molecular weight is 317 g/mol. The van der Waals surface area contributed by atoms with Gasteiger partial charge in [0.1, 0.15) is 5.41 Å². The number of aryl methyl sites for hydroxylation is 1. The Labute approximate surface area is 138 Å². The van der Waals surface area contributed by atoms with Gasteiger partial charge in [-0.1, -0.05) is 19.1 Å². The van der Waals surface area contributed by atoms with Crippen LogP contribution in [0.3, 0.4) is 0 Å². The van der Waals surface area contributed by atoms with Crippen LogP contribution in [0.4, 0.5) is 5.69 Å². The van der Waals surface area contributed by atoms with E-state index in [2.05, 4.69) is 17.1 Å². The number of likely N-dealkylation sites (N-methyl/N-ethyl adjacent to an activating group) is 1. The SMILES string of the molecule is CCN1CCN(C(=O)C(C)(C)C(=O)Nc2cccc(C)c2)CC1. The summed E-state index contributed by atoms with van der Waals surface area (Å²) >= 11 is 0. The number of anilines is 1.